The number of hydrogen-bond donors (Lipinski definition) is 1. The highest BCUT2D eigenvalue weighted by molar-refractivity contribution is 5.69. The quantitative estimate of drug-likeness (QED) is 0.173. The molecule has 0 aliphatic rings. The van der Waals surface area contributed by atoms with E-state index in [9.17, 15) is 19.2 Å². The van der Waals surface area contributed by atoms with Gasteiger partial charge in [-0.15, -0.1) is 10.2 Å². The second kappa shape index (κ2) is 19.7. The van der Waals surface area contributed by atoms with Gasteiger partial charge >= 0.3 is 11.5 Å². The molecule has 0 spiro atoms. The molecule has 10 rings (SSSR count). The van der Waals surface area contributed by atoms with E-state index in [2.05, 4.69) is 121 Å². The van der Waals surface area contributed by atoms with Crippen molar-refractivity contribution in [1.29, 1.82) is 0 Å². The van der Waals surface area contributed by atoms with Crippen molar-refractivity contribution in [2.24, 2.45) is 14.1 Å². The molecule has 6 heterocycles. The van der Waals surface area contributed by atoms with Gasteiger partial charge in [0.15, 0.2) is 22.3 Å². The fourth-order valence-corrected chi connectivity index (χ4v) is 7.14. The SMILES string of the molecule is CCCc1cccc(-c2ccccc2)c1.Cn1cnc2ncn(Cc3n[nH]c(=O)o3)c(=O)c21.Cn1cnc2ncn(Cc3nn(CCc4cccc(-c5ccccc5)c4)c(=O)o3)c(=O)c21. The van der Waals surface area contributed by atoms with E-state index in [4.69, 9.17) is 8.83 Å². The lowest BCUT2D eigenvalue weighted by Gasteiger charge is -2.05. The zero-order chi connectivity index (χ0) is 45.3. The van der Waals surface area contributed by atoms with Crippen LogP contribution in [0.2, 0.25) is 0 Å². The van der Waals surface area contributed by atoms with Crippen LogP contribution >= 0.6 is 0 Å². The molecule has 65 heavy (non-hydrogen) atoms. The molecule has 0 unspecified atom stereocenters. The van der Waals surface area contributed by atoms with Gasteiger partial charge in [-0.3, -0.25) is 18.7 Å². The van der Waals surface area contributed by atoms with Crippen LogP contribution in [-0.4, -0.2) is 58.2 Å². The lowest BCUT2D eigenvalue weighted by Crippen LogP contribution is -2.22. The third kappa shape index (κ3) is 10.2. The molecule has 0 saturated carbocycles. The van der Waals surface area contributed by atoms with Crippen LogP contribution in [0.5, 0.6) is 0 Å². The molecule has 0 amide bonds. The number of benzene rings is 4. The predicted octanol–water partition coefficient (Wildman–Crippen LogP) is 5.40. The normalized spacial score (nSPS) is 11.0. The van der Waals surface area contributed by atoms with Gasteiger partial charge in [0.2, 0.25) is 11.8 Å². The van der Waals surface area contributed by atoms with Crippen LogP contribution in [0.4, 0.5) is 0 Å². The number of aromatic amines is 1. The van der Waals surface area contributed by atoms with Gasteiger partial charge in [0.1, 0.15) is 25.7 Å². The lowest BCUT2D eigenvalue weighted by atomic mass is 10.0. The summed E-state index contributed by atoms with van der Waals surface area (Å²) in [5.74, 6) is -0.946. The average molecular weight is 873 g/mol. The van der Waals surface area contributed by atoms with Crippen LogP contribution in [0.3, 0.4) is 0 Å². The van der Waals surface area contributed by atoms with E-state index in [-0.39, 0.29) is 36.0 Å². The fourth-order valence-electron chi connectivity index (χ4n) is 7.14. The number of rotatable bonds is 11. The van der Waals surface area contributed by atoms with Crippen molar-refractivity contribution >= 4 is 22.3 Å². The Bertz CT molecular complexity index is 3430. The first-order chi connectivity index (χ1) is 31.6. The number of imidazole rings is 2. The van der Waals surface area contributed by atoms with E-state index < -0.39 is 11.5 Å². The Kier molecular flexibility index (Phi) is 13.0. The molecule has 18 heteroatoms. The van der Waals surface area contributed by atoms with Crippen molar-refractivity contribution in [1.82, 2.24) is 58.2 Å². The summed E-state index contributed by atoms with van der Waals surface area (Å²) in [6.45, 7) is 2.63. The van der Waals surface area contributed by atoms with Gasteiger partial charge in [-0.25, -0.2) is 34.6 Å². The molecule has 1 N–H and O–H groups in total. The first kappa shape index (κ1) is 43.1. The summed E-state index contributed by atoms with van der Waals surface area (Å²) < 4.78 is 17.1. The van der Waals surface area contributed by atoms with E-state index in [0.717, 1.165) is 16.7 Å². The van der Waals surface area contributed by atoms with Gasteiger partial charge in [-0.2, -0.15) is 4.68 Å². The number of fused-ring (bicyclic) bond motifs is 2. The van der Waals surface area contributed by atoms with Crippen molar-refractivity contribution in [3.63, 3.8) is 0 Å². The Hall–Kier alpha value is -8.54. The van der Waals surface area contributed by atoms with Gasteiger partial charge in [0.05, 0.1) is 19.2 Å². The highest BCUT2D eigenvalue weighted by Gasteiger charge is 2.14. The van der Waals surface area contributed by atoms with Crippen LogP contribution < -0.4 is 22.6 Å². The molecule has 10 aromatic rings. The third-order valence-corrected chi connectivity index (χ3v) is 10.4. The Balaban J connectivity index is 0.000000147. The minimum atomic E-state index is -0.660. The Morgan fingerprint density at radius 1 is 0.554 bits per heavy atom. The minimum Gasteiger partial charge on any atom is -0.390 e. The molecule has 0 saturated heterocycles. The van der Waals surface area contributed by atoms with Crippen molar-refractivity contribution in [2.75, 3.05) is 0 Å². The van der Waals surface area contributed by atoms with Gasteiger partial charge < -0.3 is 18.0 Å². The molecule has 0 aliphatic heterocycles. The summed E-state index contributed by atoms with van der Waals surface area (Å²) >= 11 is 0. The summed E-state index contributed by atoms with van der Waals surface area (Å²) in [5.41, 5.74) is 8.37. The fraction of sp³-hybridized carbons (Fsp3) is 0.191. The van der Waals surface area contributed by atoms with Crippen LogP contribution in [0.1, 0.15) is 36.3 Å². The average Bonchev–Trinajstić information content (AvgIpc) is 4.12. The first-order valence-electron chi connectivity index (χ1n) is 20.8. The minimum absolute atomic E-state index is 0.0126. The molecule has 18 nitrogen and oxygen atoms in total. The van der Waals surface area contributed by atoms with Crippen molar-refractivity contribution in [3.05, 3.63) is 199 Å². The third-order valence-electron chi connectivity index (χ3n) is 10.4. The topological polar surface area (TPSA) is 212 Å². The van der Waals surface area contributed by atoms with Crippen molar-refractivity contribution in [3.8, 4) is 22.3 Å². The monoisotopic (exact) mass is 872 g/mol. The zero-order valence-corrected chi connectivity index (χ0v) is 35.8. The van der Waals surface area contributed by atoms with Gasteiger partial charge in [-0.1, -0.05) is 123 Å². The summed E-state index contributed by atoms with van der Waals surface area (Å²) in [6, 6.07) is 37.7. The van der Waals surface area contributed by atoms with Gasteiger partial charge in [0, 0.05) is 14.1 Å². The molecular weight excluding hydrogens is 829 g/mol. The molecule has 0 radical (unpaired) electrons. The highest BCUT2D eigenvalue weighted by atomic mass is 16.4. The van der Waals surface area contributed by atoms with Crippen molar-refractivity contribution in [2.45, 2.75) is 45.8 Å². The second-order valence-corrected chi connectivity index (χ2v) is 15.0. The molecular formula is C47H44N12O6. The standard InChI is InChI=1S/C23H20N6O3.C15H16.C9H8N6O3/c1-27-14-24-21-20(27)22(30)28(15-25-21)13-19-26-29(23(31)32-19)11-10-16-6-5-9-18(12-16)17-7-3-2-4-8-17;1-2-7-13-8-6-11-15(12-13)14-9-4-3-5-10-14;1-14-3-10-7-6(14)8(16)15(4-11-7)2-5-12-13-9(17)18-5/h2-9,12,14-15H,10-11,13H2,1H3;3-6,8-12H,2,7H2,1H3;3-4H,2H2,1H3,(H,13,17). The second-order valence-electron chi connectivity index (χ2n) is 15.0. The largest absolute Gasteiger partial charge is 0.437 e. The van der Waals surface area contributed by atoms with Crippen LogP contribution in [0.25, 0.3) is 44.6 Å². The number of nitrogens with zero attached hydrogens (tertiary/aromatic N) is 11. The molecule has 0 atom stereocenters. The van der Waals surface area contributed by atoms with E-state index in [1.807, 2.05) is 30.3 Å². The Labute approximate surface area is 369 Å². The maximum absolute atomic E-state index is 12.7. The number of hydrogen-bond acceptors (Lipinski definition) is 12. The lowest BCUT2D eigenvalue weighted by molar-refractivity contribution is 0.434. The molecule has 328 valence electrons. The maximum atomic E-state index is 12.7. The van der Waals surface area contributed by atoms with Crippen LogP contribution in [0.15, 0.2) is 163 Å². The van der Waals surface area contributed by atoms with E-state index in [1.54, 1.807) is 23.2 Å². The number of aromatic nitrogens is 12. The number of H-pyrrole nitrogens is 1. The predicted molar refractivity (Wildman–Crippen MR) is 243 cm³/mol. The van der Waals surface area contributed by atoms with E-state index in [1.165, 1.54) is 68.7 Å². The number of aryl methyl sites for hydroxylation is 5. The summed E-state index contributed by atoms with van der Waals surface area (Å²) in [7, 11) is 3.43. The van der Waals surface area contributed by atoms with Gasteiger partial charge in [-0.05, 0) is 46.2 Å². The molecule has 0 bridgehead atoms. The van der Waals surface area contributed by atoms with Gasteiger partial charge in [0.25, 0.3) is 11.1 Å². The summed E-state index contributed by atoms with van der Waals surface area (Å²) in [6.07, 6.45) is 8.76. The highest BCUT2D eigenvalue weighted by Crippen LogP contribution is 2.21. The van der Waals surface area contributed by atoms with Crippen molar-refractivity contribution < 1.29 is 8.83 Å². The smallest absolute Gasteiger partial charge is 0.390 e. The number of nitrogens with one attached hydrogen (secondary N) is 1. The van der Waals surface area contributed by atoms with Crippen LogP contribution in [-0.2, 0) is 46.6 Å². The maximum Gasteiger partial charge on any atom is 0.437 e. The zero-order valence-electron chi connectivity index (χ0n) is 35.8. The van der Waals surface area contributed by atoms with Crippen LogP contribution in [0, 0.1) is 0 Å². The molecule has 6 aromatic heterocycles. The molecule has 0 aliphatic carbocycles. The first-order valence-corrected chi connectivity index (χ1v) is 20.8. The Morgan fingerprint density at radius 3 is 1.55 bits per heavy atom. The summed E-state index contributed by atoms with van der Waals surface area (Å²) in [4.78, 5) is 64.1. The van der Waals surface area contributed by atoms with E-state index in [0.29, 0.717) is 35.3 Å². The van der Waals surface area contributed by atoms with E-state index >= 15 is 0 Å². The molecule has 0 fully saturated rings. The Morgan fingerprint density at radius 2 is 1.05 bits per heavy atom. The summed E-state index contributed by atoms with van der Waals surface area (Å²) in [5, 5.41) is 10.0. The molecule has 4 aromatic carbocycles.